The lowest BCUT2D eigenvalue weighted by Gasteiger charge is -2.12. The quantitative estimate of drug-likeness (QED) is 0.544. The molecule has 20 heavy (non-hydrogen) atoms. The maximum atomic E-state index is 5.91. The zero-order valence-electron chi connectivity index (χ0n) is 11.0. The molecule has 0 aliphatic rings. The number of fused-ring (bicyclic) bond motifs is 1. The van der Waals surface area contributed by atoms with Gasteiger partial charge in [0.05, 0.1) is 6.04 Å². The first-order valence-electron chi connectivity index (χ1n) is 6.35. The van der Waals surface area contributed by atoms with Gasteiger partial charge in [0.25, 0.3) is 0 Å². The molecule has 3 aromatic rings. The van der Waals surface area contributed by atoms with Gasteiger partial charge < -0.3 is 4.42 Å². The van der Waals surface area contributed by atoms with E-state index in [4.69, 9.17) is 10.3 Å². The number of hydrazine groups is 1. The minimum absolute atomic E-state index is 0.0299. The highest BCUT2D eigenvalue weighted by atomic mass is 79.9. The topological polar surface area (TPSA) is 51.2 Å². The highest BCUT2D eigenvalue weighted by Crippen LogP contribution is 2.30. The zero-order chi connectivity index (χ0) is 14.1. The fourth-order valence-corrected chi connectivity index (χ4v) is 3.81. The number of benzene rings is 1. The smallest absolute Gasteiger partial charge is 0.134 e. The van der Waals surface area contributed by atoms with Crippen LogP contribution in [0.15, 0.2) is 44.6 Å². The van der Waals surface area contributed by atoms with E-state index in [9.17, 15) is 0 Å². The molecule has 2 aromatic heterocycles. The van der Waals surface area contributed by atoms with Crippen molar-refractivity contribution in [2.24, 2.45) is 5.84 Å². The predicted octanol–water partition coefficient (Wildman–Crippen LogP) is 4.31. The van der Waals surface area contributed by atoms with Gasteiger partial charge in [-0.2, -0.15) is 0 Å². The summed E-state index contributed by atoms with van der Waals surface area (Å²) in [5, 5.41) is 3.18. The van der Waals surface area contributed by atoms with Gasteiger partial charge in [0.15, 0.2) is 0 Å². The van der Waals surface area contributed by atoms with Crippen molar-refractivity contribution in [2.45, 2.75) is 19.4 Å². The number of furan rings is 1. The normalized spacial score (nSPS) is 12.9. The number of aryl methyl sites for hydroxylation is 1. The molecule has 3 nitrogen and oxygen atoms in total. The van der Waals surface area contributed by atoms with Gasteiger partial charge >= 0.3 is 0 Å². The van der Waals surface area contributed by atoms with Gasteiger partial charge in [-0.25, -0.2) is 5.43 Å². The summed E-state index contributed by atoms with van der Waals surface area (Å²) in [7, 11) is 0. The Morgan fingerprint density at radius 1 is 1.35 bits per heavy atom. The van der Waals surface area contributed by atoms with Crippen molar-refractivity contribution < 1.29 is 4.42 Å². The molecule has 3 rings (SSSR count). The van der Waals surface area contributed by atoms with Crippen LogP contribution in [-0.4, -0.2) is 0 Å². The summed E-state index contributed by atoms with van der Waals surface area (Å²) in [5.41, 5.74) is 4.98. The second-order valence-electron chi connectivity index (χ2n) is 4.81. The van der Waals surface area contributed by atoms with E-state index in [1.165, 1.54) is 10.4 Å². The maximum Gasteiger partial charge on any atom is 0.134 e. The van der Waals surface area contributed by atoms with Crippen molar-refractivity contribution in [3.8, 4) is 0 Å². The molecule has 2 heterocycles. The van der Waals surface area contributed by atoms with E-state index in [1.54, 1.807) is 11.3 Å². The average Bonchev–Trinajstić information content (AvgIpc) is 3.01. The molecular weight excluding hydrogens is 336 g/mol. The number of nitrogens with one attached hydrogen (secondary N) is 1. The van der Waals surface area contributed by atoms with E-state index in [1.807, 2.05) is 6.07 Å². The van der Waals surface area contributed by atoms with Crippen molar-refractivity contribution in [3.63, 3.8) is 0 Å². The van der Waals surface area contributed by atoms with Crippen molar-refractivity contribution in [2.75, 3.05) is 0 Å². The Kier molecular flexibility index (Phi) is 3.94. The molecule has 1 unspecified atom stereocenters. The number of hydrogen-bond donors (Lipinski definition) is 2. The Balaban J connectivity index is 1.92. The minimum atomic E-state index is -0.0299. The lowest BCUT2D eigenvalue weighted by molar-refractivity contribution is 0.436. The molecule has 104 valence electrons. The molecule has 0 saturated heterocycles. The third kappa shape index (κ3) is 2.67. The lowest BCUT2D eigenvalue weighted by Crippen LogP contribution is -2.29. The summed E-state index contributed by atoms with van der Waals surface area (Å²) in [4.78, 5) is 1.25. The van der Waals surface area contributed by atoms with E-state index >= 15 is 0 Å². The number of nitrogens with two attached hydrogens (primary N) is 1. The number of rotatable bonds is 4. The van der Waals surface area contributed by atoms with E-state index in [0.717, 1.165) is 27.6 Å². The van der Waals surface area contributed by atoms with Gasteiger partial charge in [0.2, 0.25) is 0 Å². The highest BCUT2D eigenvalue weighted by Gasteiger charge is 2.17. The molecule has 1 aromatic carbocycles. The van der Waals surface area contributed by atoms with Crippen LogP contribution in [0.1, 0.15) is 22.2 Å². The van der Waals surface area contributed by atoms with Crippen molar-refractivity contribution in [1.29, 1.82) is 0 Å². The monoisotopic (exact) mass is 350 g/mol. The van der Waals surface area contributed by atoms with Crippen molar-refractivity contribution in [1.82, 2.24) is 5.43 Å². The SMILES string of the molecule is Cc1ccc2oc(C(Cc3sccc3Br)NN)cc2c1. The molecule has 0 aliphatic carbocycles. The Bertz CT molecular complexity index is 734. The van der Waals surface area contributed by atoms with Crippen LogP contribution in [0.4, 0.5) is 0 Å². The Hall–Kier alpha value is -1.14. The van der Waals surface area contributed by atoms with E-state index < -0.39 is 0 Å². The molecule has 3 N–H and O–H groups in total. The molecular formula is C15H15BrN2OS. The zero-order valence-corrected chi connectivity index (χ0v) is 13.4. The van der Waals surface area contributed by atoms with E-state index in [2.05, 4.69) is 57.9 Å². The average molecular weight is 351 g/mol. The molecule has 1 atom stereocenters. The van der Waals surface area contributed by atoms with Crippen LogP contribution in [-0.2, 0) is 6.42 Å². The predicted molar refractivity (Wildman–Crippen MR) is 86.7 cm³/mol. The summed E-state index contributed by atoms with van der Waals surface area (Å²) in [5.74, 6) is 6.57. The van der Waals surface area contributed by atoms with Crippen LogP contribution < -0.4 is 11.3 Å². The van der Waals surface area contributed by atoms with Gasteiger partial charge in [0, 0.05) is 21.2 Å². The number of hydrogen-bond acceptors (Lipinski definition) is 4. The fraction of sp³-hybridized carbons (Fsp3) is 0.200. The minimum Gasteiger partial charge on any atom is -0.459 e. The van der Waals surface area contributed by atoms with Crippen LogP contribution in [0, 0.1) is 6.92 Å². The molecule has 5 heteroatoms. The largest absolute Gasteiger partial charge is 0.459 e. The number of halogens is 1. The third-order valence-electron chi connectivity index (χ3n) is 3.32. The second kappa shape index (κ2) is 5.69. The van der Waals surface area contributed by atoms with Gasteiger partial charge in [-0.1, -0.05) is 11.6 Å². The maximum absolute atomic E-state index is 5.91. The standard InChI is InChI=1S/C15H15BrN2OS/c1-9-2-3-13-10(6-9)7-14(19-13)12(18-17)8-15-11(16)4-5-20-15/h2-7,12,18H,8,17H2,1H3. The van der Waals surface area contributed by atoms with Crippen LogP contribution in [0.25, 0.3) is 11.0 Å². The molecule has 0 fully saturated rings. The second-order valence-corrected chi connectivity index (χ2v) is 6.66. The van der Waals surface area contributed by atoms with Gasteiger partial charge in [-0.3, -0.25) is 5.84 Å². The Morgan fingerprint density at radius 3 is 2.90 bits per heavy atom. The lowest BCUT2D eigenvalue weighted by atomic mass is 10.1. The van der Waals surface area contributed by atoms with E-state index in [-0.39, 0.29) is 6.04 Å². The van der Waals surface area contributed by atoms with Gasteiger partial charge in [-0.15, -0.1) is 11.3 Å². The first-order valence-corrected chi connectivity index (χ1v) is 8.02. The van der Waals surface area contributed by atoms with Crippen LogP contribution in [0.5, 0.6) is 0 Å². The third-order valence-corrected chi connectivity index (χ3v) is 5.26. The van der Waals surface area contributed by atoms with Crippen LogP contribution >= 0.6 is 27.3 Å². The highest BCUT2D eigenvalue weighted by molar-refractivity contribution is 9.10. The number of thiophene rings is 1. The fourth-order valence-electron chi connectivity index (χ4n) is 2.25. The van der Waals surface area contributed by atoms with Crippen molar-refractivity contribution in [3.05, 3.63) is 56.4 Å². The summed E-state index contributed by atoms with van der Waals surface area (Å²) in [6, 6.07) is 10.3. The molecule has 0 amide bonds. The van der Waals surface area contributed by atoms with Gasteiger partial charge in [0.1, 0.15) is 11.3 Å². The van der Waals surface area contributed by atoms with Crippen LogP contribution in [0.3, 0.4) is 0 Å². The van der Waals surface area contributed by atoms with E-state index in [0.29, 0.717) is 0 Å². The van der Waals surface area contributed by atoms with Crippen LogP contribution in [0.2, 0.25) is 0 Å². The summed E-state index contributed by atoms with van der Waals surface area (Å²) >= 11 is 5.27. The molecule has 0 aliphatic heterocycles. The summed E-state index contributed by atoms with van der Waals surface area (Å²) < 4.78 is 7.03. The summed E-state index contributed by atoms with van der Waals surface area (Å²) in [6.07, 6.45) is 0.799. The molecule has 0 spiro atoms. The molecule has 0 radical (unpaired) electrons. The Morgan fingerprint density at radius 2 is 2.20 bits per heavy atom. The first kappa shape index (κ1) is 13.8. The molecule has 0 bridgehead atoms. The first-order chi connectivity index (χ1) is 9.67. The Labute approximate surface area is 129 Å². The van der Waals surface area contributed by atoms with Gasteiger partial charge in [-0.05, 0) is 52.5 Å². The van der Waals surface area contributed by atoms with Crippen molar-refractivity contribution >= 4 is 38.2 Å². The summed E-state index contributed by atoms with van der Waals surface area (Å²) in [6.45, 7) is 2.08. The molecule has 0 saturated carbocycles.